The van der Waals surface area contributed by atoms with Gasteiger partial charge in [0, 0.05) is 29.7 Å². The van der Waals surface area contributed by atoms with Crippen molar-refractivity contribution in [2.45, 2.75) is 65.4 Å². The van der Waals surface area contributed by atoms with Gasteiger partial charge in [0.25, 0.3) is 0 Å². The molecule has 0 bridgehead atoms. The van der Waals surface area contributed by atoms with E-state index in [9.17, 15) is 14.7 Å². The lowest BCUT2D eigenvalue weighted by atomic mass is 9.82. The highest BCUT2D eigenvalue weighted by Crippen LogP contribution is 2.36. The average molecular weight is 416 g/mol. The number of aliphatic hydroxyl groups is 1. The highest BCUT2D eigenvalue weighted by Gasteiger charge is 2.42. The van der Waals surface area contributed by atoms with E-state index in [-0.39, 0.29) is 23.0 Å². The molecule has 0 aliphatic heterocycles. The molecule has 29 heavy (non-hydrogen) atoms. The van der Waals surface area contributed by atoms with Crippen LogP contribution in [-0.4, -0.2) is 29.4 Å². The van der Waals surface area contributed by atoms with Gasteiger partial charge >= 0.3 is 0 Å². The first-order valence-corrected chi connectivity index (χ1v) is 11.4. The van der Waals surface area contributed by atoms with E-state index in [1.54, 1.807) is 11.3 Å². The standard InChI is InChI=1S/C24H33NO3S/c1-15-9-10-29-22(15)17-7-5-16(6-8-17)14-25-23(28)20-12-18(26)11-19(20)21(27)13-24(2,3)4/h5-7,9-10,17-20,26H,8,11-14H2,1-4H3,(H,25,28). The molecule has 1 aromatic rings. The Balaban J connectivity index is 1.55. The summed E-state index contributed by atoms with van der Waals surface area (Å²) in [7, 11) is 0. The molecule has 0 spiro atoms. The topological polar surface area (TPSA) is 66.4 Å². The largest absolute Gasteiger partial charge is 0.393 e. The second-order valence-electron chi connectivity index (χ2n) is 9.71. The number of ketones is 1. The molecule has 2 N–H and O–H groups in total. The van der Waals surface area contributed by atoms with Gasteiger partial charge in [0.15, 0.2) is 0 Å². The zero-order valence-corrected chi connectivity index (χ0v) is 18.7. The van der Waals surface area contributed by atoms with Crippen molar-refractivity contribution in [2.24, 2.45) is 17.3 Å². The van der Waals surface area contributed by atoms with Gasteiger partial charge in [0.2, 0.25) is 5.91 Å². The van der Waals surface area contributed by atoms with Crippen molar-refractivity contribution < 1.29 is 14.7 Å². The summed E-state index contributed by atoms with van der Waals surface area (Å²) in [5.74, 6) is -0.390. The summed E-state index contributed by atoms with van der Waals surface area (Å²) in [5, 5.41) is 15.2. The van der Waals surface area contributed by atoms with Gasteiger partial charge in [-0.2, -0.15) is 0 Å². The van der Waals surface area contributed by atoms with E-state index < -0.39 is 12.0 Å². The molecule has 0 radical (unpaired) electrons. The minimum absolute atomic E-state index is 0.0973. The maximum atomic E-state index is 12.8. The number of aryl methyl sites for hydroxylation is 1. The smallest absolute Gasteiger partial charge is 0.224 e. The molecule has 158 valence electrons. The first-order valence-electron chi connectivity index (χ1n) is 10.5. The van der Waals surface area contributed by atoms with Crippen LogP contribution >= 0.6 is 11.3 Å². The molecule has 1 saturated carbocycles. The lowest BCUT2D eigenvalue weighted by molar-refractivity contribution is -0.133. The van der Waals surface area contributed by atoms with Crippen LogP contribution in [0.15, 0.2) is 35.2 Å². The van der Waals surface area contributed by atoms with Crippen molar-refractivity contribution in [2.75, 3.05) is 6.54 Å². The third kappa shape index (κ3) is 5.67. The first kappa shape index (κ1) is 22.0. The van der Waals surface area contributed by atoms with Crippen molar-refractivity contribution >= 4 is 23.0 Å². The van der Waals surface area contributed by atoms with Gasteiger partial charge in [-0.25, -0.2) is 0 Å². The molecule has 1 amide bonds. The van der Waals surface area contributed by atoms with Gasteiger partial charge in [0.05, 0.1) is 12.0 Å². The summed E-state index contributed by atoms with van der Waals surface area (Å²) in [6.45, 7) is 8.69. The minimum Gasteiger partial charge on any atom is -0.393 e. The number of hydrogen-bond donors (Lipinski definition) is 2. The number of carbonyl (C=O) groups excluding carboxylic acids is 2. The summed E-state index contributed by atoms with van der Waals surface area (Å²) >= 11 is 1.79. The van der Waals surface area contributed by atoms with Crippen LogP contribution in [0.5, 0.6) is 0 Å². The van der Waals surface area contributed by atoms with E-state index >= 15 is 0 Å². The molecule has 4 nitrogen and oxygen atoms in total. The lowest BCUT2D eigenvalue weighted by Gasteiger charge is -2.23. The quantitative estimate of drug-likeness (QED) is 0.717. The SMILES string of the molecule is Cc1ccsc1C1C=CC(CNC(=O)C2CC(O)CC2C(=O)CC(C)(C)C)=CC1. The van der Waals surface area contributed by atoms with Crippen molar-refractivity contribution in [3.05, 3.63) is 45.7 Å². The molecule has 0 aromatic carbocycles. The number of amides is 1. The fourth-order valence-electron chi connectivity index (χ4n) is 4.39. The fourth-order valence-corrected chi connectivity index (χ4v) is 5.41. The Morgan fingerprint density at radius 3 is 2.55 bits per heavy atom. The number of thiophene rings is 1. The van der Waals surface area contributed by atoms with Crippen LogP contribution < -0.4 is 5.32 Å². The maximum Gasteiger partial charge on any atom is 0.224 e. The molecular formula is C24H33NO3S. The molecule has 1 fully saturated rings. The van der Waals surface area contributed by atoms with E-state index in [4.69, 9.17) is 0 Å². The molecule has 2 aliphatic rings. The Morgan fingerprint density at radius 1 is 1.24 bits per heavy atom. The number of hydrogen-bond acceptors (Lipinski definition) is 4. The van der Waals surface area contributed by atoms with Gasteiger partial charge in [-0.1, -0.05) is 39.0 Å². The number of allylic oxidation sites excluding steroid dienone is 2. The van der Waals surface area contributed by atoms with Crippen LogP contribution in [0.1, 0.15) is 62.8 Å². The molecule has 2 aliphatic carbocycles. The Bertz CT molecular complexity index is 814. The zero-order chi connectivity index (χ0) is 21.2. The first-order chi connectivity index (χ1) is 13.6. The van der Waals surface area contributed by atoms with E-state index in [0.29, 0.717) is 31.7 Å². The Morgan fingerprint density at radius 2 is 1.97 bits per heavy atom. The highest BCUT2D eigenvalue weighted by molar-refractivity contribution is 7.10. The molecule has 0 saturated heterocycles. The van der Waals surface area contributed by atoms with Crippen molar-refractivity contribution in [1.82, 2.24) is 5.32 Å². The summed E-state index contributed by atoms with van der Waals surface area (Å²) < 4.78 is 0. The van der Waals surface area contributed by atoms with Crippen molar-refractivity contribution in [3.8, 4) is 0 Å². The summed E-state index contributed by atoms with van der Waals surface area (Å²) in [5.41, 5.74) is 2.32. The summed E-state index contributed by atoms with van der Waals surface area (Å²) in [6.07, 6.45) is 8.09. The third-order valence-corrected chi connectivity index (χ3v) is 7.03. The zero-order valence-electron chi connectivity index (χ0n) is 17.9. The molecule has 4 atom stereocenters. The van der Waals surface area contributed by atoms with Crippen LogP contribution in [0.2, 0.25) is 0 Å². The predicted molar refractivity (Wildman–Crippen MR) is 118 cm³/mol. The summed E-state index contributed by atoms with van der Waals surface area (Å²) in [6, 6.07) is 2.15. The number of Topliss-reactive ketones (excluding diaryl/α,β-unsaturated/α-hetero) is 1. The number of nitrogens with one attached hydrogen (secondary N) is 1. The van der Waals surface area contributed by atoms with Crippen LogP contribution in [0.4, 0.5) is 0 Å². The van der Waals surface area contributed by atoms with Crippen LogP contribution in [0, 0.1) is 24.2 Å². The summed E-state index contributed by atoms with van der Waals surface area (Å²) in [4.78, 5) is 26.9. The Labute approximate surface area is 178 Å². The van der Waals surface area contributed by atoms with Gasteiger partial charge in [-0.15, -0.1) is 11.3 Å². The lowest BCUT2D eigenvalue weighted by Crippen LogP contribution is -2.37. The van der Waals surface area contributed by atoms with E-state index in [1.165, 1.54) is 10.4 Å². The third-order valence-electron chi connectivity index (χ3n) is 5.87. The predicted octanol–water partition coefficient (Wildman–Crippen LogP) is 4.54. The number of rotatable bonds is 6. The van der Waals surface area contributed by atoms with E-state index in [1.807, 2.05) is 20.8 Å². The van der Waals surface area contributed by atoms with Gasteiger partial charge in [0.1, 0.15) is 5.78 Å². The van der Waals surface area contributed by atoms with Crippen molar-refractivity contribution in [1.29, 1.82) is 0 Å². The van der Waals surface area contributed by atoms with Gasteiger partial charge in [-0.3, -0.25) is 9.59 Å². The van der Waals surface area contributed by atoms with Crippen LogP contribution in [-0.2, 0) is 9.59 Å². The van der Waals surface area contributed by atoms with Crippen LogP contribution in [0.3, 0.4) is 0 Å². The monoisotopic (exact) mass is 415 g/mol. The van der Waals surface area contributed by atoms with E-state index in [2.05, 4.69) is 41.9 Å². The van der Waals surface area contributed by atoms with Crippen molar-refractivity contribution in [3.63, 3.8) is 0 Å². The fraction of sp³-hybridized carbons (Fsp3) is 0.583. The molecule has 4 unspecified atom stereocenters. The molecular weight excluding hydrogens is 382 g/mol. The molecule has 5 heteroatoms. The Kier molecular flexibility index (Phi) is 6.79. The Hall–Kier alpha value is -1.72. The molecule has 1 heterocycles. The normalized spacial score (nSPS) is 27.0. The average Bonchev–Trinajstić information content (AvgIpc) is 3.24. The molecule has 1 aromatic heterocycles. The second kappa shape index (κ2) is 8.97. The number of carbonyl (C=O) groups is 2. The van der Waals surface area contributed by atoms with Gasteiger partial charge < -0.3 is 10.4 Å². The highest BCUT2D eigenvalue weighted by atomic mass is 32.1. The second-order valence-corrected chi connectivity index (χ2v) is 10.7. The minimum atomic E-state index is -0.566. The van der Waals surface area contributed by atoms with E-state index in [0.717, 1.165) is 12.0 Å². The molecule has 3 rings (SSSR count). The van der Waals surface area contributed by atoms with Crippen LogP contribution in [0.25, 0.3) is 0 Å². The number of aliphatic hydroxyl groups excluding tert-OH is 1. The van der Waals surface area contributed by atoms with Gasteiger partial charge in [-0.05, 0) is 54.2 Å². The maximum absolute atomic E-state index is 12.8.